The lowest BCUT2D eigenvalue weighted by molar-refractivity contribution is 0.191. The van der Waals surface area contributed by atoms with Gasteiger partial charge in [0, 0.05) is 11.6 Å². The molecule has 0 saturated heterocycles. The average molecular weight is 265 g/mol. The van der Waals surface area contributed by atoms with Crippen molar-refractivity contribution in [3.63, 3.8) is 0 Å². The zero-order valence-corrected chi connectivity index (χ0v) is 9.93. The summed E-state index contributed by atoms with van der Waals surface area (Å²) < 4.78 is 14.4. The number of halogens is 1. The number of rotatable bonds is 3. The Morgan fingerprint density at radius 2 is 2.47 bits per heavy atom. The molecule has 100 valence electrons. The van der Waals surface area contributed by atoms with Crippen LogP contribution in [0, 0.1) is 5.41 Å². The monoisotopic (exact) mass is 265 g/mol. The molecule has 1 unspecified atom stereocenters. The number of aliphatic hydroxyl groups is 1. The quantitative estimate of drug-likeness (QED) is 0.717. The Morgan fingerprint density at radius 1 is 1.68 bits per heavy atom. The summed E-state index contributed by atoms with van der Waals surface area (Å²) in [6, 6.07) is 0. The van der Waals surface area contributed by atoms with Gasteiger partial charge < -0.3 is 10.8 Å². The fourth-order valence-corrected chi connectivity index (χ4v) is 2.04. The van der Waals surface area contributed by atoms with E-state index >= 15 is 0 Å². The summed E-state index contributed by atoms with van der Waals surface area (Å²) in [6.07, 6.45) is 3.54. The smallest absolute Gasteiger partial charge is 0.280 e. The average Bonchev–Trinajstić information content (AvgIpc) is 2.94. The molecule has 0 amide bonds. The van der Waals surface area contributed by atoms with Crippen molar-refractivity contribution in [2.75, 3.05) is 19.0 Å². The number of nitrogens with one attached hydrogen (secondary N) is 1. The molecule has 1 aliphatic rings. The van der Waals surface area contributed by atoms with Crippen LogP contribution >= 0.6 is 0 Å². The number of H-pyrrole nitrogens is 1. The first kappa shape index (κ1) is 11.8. The summed E-state index contributed by atoms with van der Waals surface area (Å²) in [5.74, 6) is -0.00707. The highest BCUT2D eigenvalue weighted by Gasteiger charge is 2.48. The van der Waals surface area contributed by atoms with Gasteiger partial charge in [0.05, 0.1) is 6.61 Å². The molecule has 1 fully saturated rings. The number of hydrogen-bond acceptors (Lipinski definition) is 5. The lowest BCUT2D eigenvalue weighted by Crippen LogP contribution is -2.11. The van der Waals surface area contributed by atoms with Crippen LogP contribution in [-0.2, 0) is 0 Å². The van der Waals surface area contributed by atoms with Gasteiger partial charge in [0.25, 0.3) is 5.56 Å². The van der Waals surface area contributed by atoms with Gasteiger partial charge in [-0.3, -0.25) is 18.7 Å². The summed E-state index contributed by atoms with van der Waals surface area (Å²) in [6.45, 7) is -0.851. The summed E-state index contributed by atoms with van der Waals surface area (Å²) in [5, 5.41) is 9.16. The number of imidazole rings is 1. The molecule has 1 atom stereocenters. The number of fused-ring (bicyclic) bond motifs is 1. The van der Waals surface area contributed by atoms with E-state index in [-0.39, 0.29) is 18.1 Å². The molecule has 0 bridgehead atoms. The van der Waals surface area contributed by atoms with E-state index < -0.39 is 17.6 Å². The number of aromatic amines is 1. The van der Waals surface area contributed by atoms with Gasteiger partial charge in [-0.2, -0.15) is 4.98 Å². The highest BCUT2D eigenvalue weighted by Crippen LogP contribution is 2.52. The van der Waals surface area contributed by atoms with Crippen molar-refractivity contribution in [1.82, 2.24) is 19.5 Å². The molecule has 4 N–H and O–H groups in total. The van der Waals surface area contributed by atoms with E-state index in [4.69, 9.17) is 10.8 Å². The predicted octanol–water partition coefficient (Wildman–Crippen LogP) is -0.105. The standard InChI is InChI=1S/C11H12FN5O2/c12-3-11(4-18)1-6(11)2-17-5-14-7-8(17)15-10(13)16-9(7)19/h2,5,18H,1,3-4H2,(H3,13,15,16,19)/b6-2+. The number of alkyl halides is 1. The Kier molecular flexibility index (Phi) is 2.42. The zero-order chi connectivity index (χ0) is 13.6. The number of nitrogens with two attached hydrogens (primary N) is 1. The van der Waals surface area contributed by atoms with Crippen molar-refractivity contribution in [2.24, 2.45) is 5.41 Å². The van der Waals surface area contributed by atoms with Gasteiger partial charge >= 0.3 is 0 Å². The summed E-state index contributed by atoms with van der Waals surface area (Å²) in [7, 11) is 0. The first-order valence-corrected chi connectivity index (χ1v) is 5.70. The van der Waals surface area contributed by atoms with Crippen LogP contribution in [0.15, 0.2) is 16.7 Å². The molecule has 8 heteroatoms. The maximum absolute atomic E-state index is 12.8. The Hall–Kier alpha value is -2.22. The van der Waals surface area contributed by atoms with Gasteiger partial charge in [-0.05, 0) is 12.0 Å². The number of nitrogen functional groups attached to an aromatic ring is 1. The van der Waals surface area contributed by atoms with Crippen LogP contribution in [0.25, 0.3) is 17.4 Å². The zero-order valence-electron chi connectivity index (χ0n) is 9.93. The molecule has 0 spiro atoms. The Balaban J connectivity index is 2.09. The van der Waals surface area contributed by atoms with Gasteiger partial charge in [-0.1, -0.05) is 0 Å². The third-order valence-electron chi connectivity index (χ3n) is 3.39. The van der Waals surface area contributed by atoms with Crippen LogP contribution in [0.2, 0.25) is 0 Å². The van der Waals surface area contributed by atoms with Crippen molar-refractivity contribution in [1.29, 1.82) is 0 Å². The molecule has 0 aromatic carbocycles. The number of aliphatic hydroxyl groups excluding tert-OH is 1. The van der Waals surface area contributed by atoms with Crippen LogP contribution < -0.4 is 11.3 Å². The Bertz CT molecular complexity index is 728. The molecule has 2 aromatic rings. The van der Waals surface area contributed by atoms with Crippen molar-refractivity contribution in [3.05, 3.63) is 22.3 Å². The maximum atomic E-state index is 12.8. The minimum Gasteiger partial charge on any atom is -0.395 e. The fraction of sp³-hybridized carbons (Fsp3) is 0.364. The topological polar surface area (TPSA) is 110 Å². The molecule has 0 aliphatic heterocycles. The van der Waals surface area contributed by atoms with Crippen LogP contribution in [0.5, 0.6) is 0 Å². The van der Waals surface area contributed by atoms with Crippen LogP contribution in [0.3, 0.4) is 0 Å². The summed E-state index contributed by atoms with van der Waals surface area (Å²) in [5.41, 5.74) is 5.52. The van der Waals surface area contributed by atoms with E-state index in [0.29, 0.717) is 12.1 Å². The molecule has 0 radical (unpaired) electrons. The van der Waals surface area contributed by atoms with Crippen LogP contribution in [0.1, 0.15) is 6.42 Å². The summed E-state index contributed by atoms with van der Waals surface area (Å²) in [4.78, 5) is 21.9. The molecular formula is C11H12FN5O2. The van der Waals surface area contributed by atoms with E-state index in [0.717, 1.165) is 5.57 Å². The van der Waals surface area contributed by atoms with Crippen molar-refractivity contribution >= 4 is 23.3 Å². The third kappa shape index (κ3) is 1.72. The van der Waals surface area contributed by atoms with Gasteiger partial charge in [0.1, 0.15) is 13.0 Å². The van der Waals surface area contributed by atoms with Crippen LogP contribution in [0.4, 0.5) is 10.3 Å². The highest BCUT2D eigenvalue weighted by molar-refractivity contribution is 5.73. The largest absolute Gasteiger partial charge is 0.395 e. The second kappa shape index (κ2) is 3.89. The number of nitrogens with zero attached hydrogens (tertiary/aromatic N) is 3. The second-order valence-electron chi connectivity index (χ2n) is 4.68. The molecule has 7 nitrogen and oxygen atoms in total. The van der Waals surface area contributed by atoms with E-state index in [1.54, 1.807) is 6.20 Å². The molecule has 19 heavy (non-hydrogen) atoms. The van der Waals surface area contributed by atoms with Gasteiger partial charge in [0.15, 0.2) is 11.2 Å². The molecule has 3 rings (SSSR count). The van der Waals surface area contributed by atoms with Gasteiger partial charge in [-0.15, -0.1) is 0 Å². The lowest BCUT2D eigenvalue weighted by Gasteiger charge is -2.03. The number of hydrogen-bond donors (Lipinski definition) is 3. The molecule has 2 aromatic heterocycles. The van der Waals surface area contributed by atoms with E-state index in [2.05, 4.69) is 15.0 Å². The Morgan fingerprint density at radius 3 is 3.11 bits per heavy atom. The van der Waals surface area contributed by atoms with Gasteiger partial charge in [-0.25, -0.2) is 4.98 Å². The molecule has 2 heterocycles. The number of anilines is 1. The number of aromatic nitrogens is 4. The SMILES string of the molecule is Nc1nc2c(ncn2/C=C2\CC2(CO)CF)c(=O)[nH]1. The van der Waals surface area contributed by atoms with E-state index in [1.165, 1.54) is 10.9 Å². The third-order valence-corrected chi connectivity index (χ3v) is 3.39. The first-order valence-electron chi connectivity index (χ1n) is 5.70. The second-order valence-corrected chi connectivity index (χ2v) is 4.68. The molecular weight excluding hydrogens is 253 g/mol. The lowest BCUT2D eigenvalue weighted by atomic mass is 10.1. The highest BCUT2D eigenvalue weighted by atomic mass is 19.1. The van der Waals surface area contributed by atoms with Gasteiger partial charge in [0.2, 0.25) is 5.95 Å². The van der Waals surface area contributed by atoms with E-state index in [1.807, 2.05) is 0 Å². The minimum atomic E-state index is -0.774. The Labute approximate surface area is 106 Å². The van der Waals surface area contributed by atoms with Crippen LogP contribution in [-0.4, -0.2) is 37.9 Å². The summed E-state index contributed by atoms with van der Waals surface area (Å²) >= 11 is 0. The molecule has 1 saturated carbocycles. The van der Waals surface area contributed by atoms with Crippen molar-refractivity contribution in [2.45, 2.75) is 6.42 Å². The minimum absolute atomic E-state index is 0.00707. The van der Waals surface area contributed by atoms with E-state index in [9.17, 15) is 9.18 Å². The van der Waals surface area contributed by atoms with Crippen molar-refractivity contribution < 1.29 is 9.50 Å². The first-order chi connectivity index (χ1) is 9.09. The normalized spacial score (nSPS) is 24.2. The fourth-order valence-electron chi connectivity index (χ4n) is 2.04. The van der Waals surface area contributed by atoms with Crippen molar-refractivity contribution in [3.8, 4) is 0 Å². The molecule has 1 aliphatic carbocycles. The maximum Gasteiger partial charge on any atom is 0.280 e. The predicted molar refractivity (Wildman–Crippen MR) is 66.9 cm³/mol.